The predicted octanol–water partition coefficient (Wildman–Crippen LogP) is 3.71. The maximum atomic E-state index is 12.5. The first-order chi connectivity index (χ1) is 7.66. The first kappa shape index (κ1) is 13.7. The van der Waals surface area contributed by atoms with Gasteiger partial charge in [-0.1, -0.05) is 0 Å². The Morgan fingerprint density at radius 1 is 1.41 bits per heavy atom. The van der Waals surface area contributed by atoms with Crippen LogP contribution in [0.1, 0.15) is 17.6 Å². The molecule has 0 aliphatic heterocycles. The molecule has 0 radical (unpaired) electrons. The molecule has 10 heteroatoms. The van der Waals surface area contributed by atoms with Gasteiger partial charge in [0.2, 0.25) is 0 Å². The maximum Gasteiger partial charge on any atom is 0.418 e. The minimum Gasteiger partial charge on any atom is -0.358 e. The Bertz CT molecular complexity index is 462. The normalized spacial score (nSPS) is 11.9. The van der Waals surface area contributed by atoms with Crippen molar-refractivity contribution in [2.45, 2.75) is 12.6 Å². The summed E-state index contributed by atoms with van der Waals surface area (Å²) in [4.78, 5) is 11.9. The van der Waals surface area contributed by atoms with Gasteiger partial charge in [0.05, 0.1) is 10.0 Å². The van der Waals surface area contributed by atoms with Crippen LogP contribution in [0.5, 0.6) is 0 Å². The molecule has 17 heavy (non-hydrogen) atoms. The van der Waals surface area contributed by atoms with Gasteiger partial charge in [-0.25, -0.2) is 8.78 Å². The van der Waals surface area contributed by atoms with Crippen LogP contribution < -0.4 is 0 Å². The number of rotatable bonds is 2. The Labute approximate surface area is 98.7 Å². The van der Waals surface area contributed by atoms with Gasteiger partial charge in [0.15, 0.2) is 6.20 Å². The van der Waals surface area contributed by atoms with Crippen molar-refractivity contribution in [3.8, 4) is 0 Å². The molecule has 94 valence electrons. The Balaban J connectivity index is 3.67. The van der Waals surface area contributed by atoms with Gasteiger partial charge < -0.3 is 10.1 Å². The molecule has 1 rings (SSSR count). The maximum absolute atomic E-state index is 12.5. The summed E-state index contributed by atoms with van der Waals surface area (Å²) in [5.41, 5.74) is -3.52. The quantitative estimate of drug-likeness (QED) is 0.474. The number of alkyl halides is 5. The van der Waals surface area contributed by atoms with Crippen molar-refractivity contribution >= 4 is 21.7 Å². The molecule has 0 amide bonds. The van der Waals surface area contributed by atoms with E-state index in [2.05, 4.69) is 20.9 Å². The largest absolute Gasteiger partial charge is 0.418 e. The van der Waals surface area contributed by atoms with Crippen LogP contribution in [0.2, 0.25) is 0 Å². The molecule has 1 aromatic rings. The lowest BCUT2D eigenvalue weighted by molar-refractivity contribution is -0.391. The van der Waals surface area contributed by atoms with Crippen LogP contribution in [0, 0.1) is 10.1 Å². The molecule has 0 fully saturated rings. The topological polar surface area (TPSA) is 56.0 Å². The molecule has 0 aromatic carbocycles. The van der Waals surface area contributed by atoms with Crippen molar-refractivity contribution in [1.29, 1.82) is 0 Å². The molecular formula is C7H2BrF5N2O2. The van der Waals surface area contributed by atoms with Gasteiger partial charge in [0.25, 0.3) is 6.43 Å². The Kier molecular flexibility index (Phi) is 3.65. The lowest BCUT2D eigenvalue weighted by atomic mass is 10.1. The summed E-state index contributed by atoms with van der Waals surface area (Å²) in [7, 11) is 0. The molecule has 0 aliphatic carbocycles. The second-order valence-electron chi connectivity index (χ2n) is 2.77. The van der Waals surface area contributed by atoms with E-state index in [1.165, 1.54) is 0 Å². The first-order valence-corrected chi connectivity index (χ1v) is 4.63. The van der Waals surface area contributed by atoms with Crippen LogP contribution in [0.15, 0.2) is 10.7 Å². The molecule has 1 aromatic heterocycles. The average molecular weight is 321 g/mol. The van der Waals surface area contributed by atoms with Gasteiger partial charge in [-0.3, -0.25) is 0 Å². The van der Waals surface area contributed by atoms with Gasteiger partial charge in [-0.2, -0.15) is 13.2 Å². The van der Waals surface area contributed by atoms with Gasteiger partial charge in [-0.15, -0.1) is 0 Å². The minimum atomic E-state index is -5.14. The molecule has 0 unspecified atom stereocenters. The molecule has 0 spiro atoms. The summed E-state index contributed by atoms with van der Waals surface area (Å²) in [6, 6.07) is 0. The van der Waals surface area contributed by atoms with Crippen LogP contribution >= 0.6 is 15.9 Å². The van der Waals surface area contributed by atoms with E-state index in [-0.39, 0.29) is 0 Å². The van der Waals surface area contributed by atoms with E-state index in [0.29, 0.717) is 6.20 Å². The van der Waals surface area contributed by atoms with Crippen molar-refractivity contribution in [3.63, 3.8) is 0 Å². The predicted molar refractivity (Wildman–Crippen MR) is 48.6 cm³/mol. The SMILES string of the molecule is O=[N+]([O-])c1ncc(Br)c(C(F)(F)F)c1C(F)F. The molecule has 1 heterocycles. The number of nitrogens with zero attached hydrogens (tertiary/aromatic N) is 2. The second kappa shape index (κ2) is 4.51. The fourth-order valence-corrected chi connectivity index (χ4v) is 1.67. The monoisotopic (exact) mass is 320 g/mol. The summed E-state index contributed by atoms with van der Waals surface area (Å²) in [6.45, 7) is 0. The first-order valence-electron chi connectivity index (χ1n) is 3.84. The highest BCUT2D eigenvalue weighted by Crippen LogP contribution is 2.43. The summed E-state index contributed by atoms with van der Waals surface area (Å²) in [6.07, 6.45) is -8.33. The van der Waals surface area contributed by atoms with E-state index >= 15 is 0 Å². The molecular weight excluding hydrogens is 319 g/mol. The molecule has 0 aliphatic rings. The number of aromatic nitrogens is 1. The Morgan fingerprint density at radius 3 is 2.29 bits per heavy atom. The Morgan fingerprint density at radius 2 is 1.94 bits per heavy atom. The standard InChI is InChI=1S/C7H2BrF5N2O2/c8-2-1-14-6(15(16)17)3(5(9)10)4(2)7(11,12)13/h1,5H. The van der Waals surface area contributed by atoms with Gasteiger partial charge in [0, 0.05) is 0 Å². The van der Waals surface area contributed by atoms with Crippen molar-refractivity contribution in [2.24, 2.45) is 0 Å². The van der Waals surface area contributed by atoms with Crippen molar-refractivity contribution in [2.75, 3.05) is 0 Å². The number of hydrogen-bond acceptors (Lipinski definition) is 3. The number of pyridine rings is 1. The van der Waals surface area contributed by atoms with Crippen molar-refractivity contribution in [1.82, 2.24) is 4.98 Å². The van der Waals surface area contributed by atoms with E-state index in [9.17, 15) is 32.1 Å². The van der Waals surface area contributed by atoms with E-state index in [0.717, 1.165) is 0 Å². The summed E-state index contributed by atoms with van der Waals surface area (Å²) < 4.78 is 61.7. The van der Waals surface area contributed by atoms with Gasteiger partial charge in [-0.05, 0) is 25.8 Å². The minimum absolute atomic E-state index is 0.465. The number of halogens is 6. The highest BCUT2D eigenvalue weighted by Gasteiger charge is 2.43. The zero-order valence-electron chi connectivity index (χ0n) is 7.63. The van der Waals surface area contributed by atoms with Crippen LogP contribution in [0.3, 0.4) is 0 Å². The number of hydrogen-bond donors (Lipinski definition) is 0. The van der Waals surface area contributed by atoms with E-state index in [4.69, 9.17) is 0 Å². The van der Waals surface area contributed by atoms with E-state index in [1.54, 1.807) is 0 Å². The smallest absolute Gasteiger partial charge is 0.358 e. The third-order valence-electron chi connectivity index (χ3n) is 1.72. The molecule has 0 N–H and O–H groups in total. The lowest BCUT2D eigenvalue weighted by Gasteiger charge is -2.12. The van der Waals surface area contributed by atoms with Gasteiger partial charge >= 0.3 is 12.0 Å². The molecule has 0 atom stereocenters. The Hall–Kier alpha value is -1.32. The molecule has 0 saturated heterocycles. The molecule has 0 bridgehead atoms. The summed E-state index contributed by atoms with van der Waals surface area (Å²) >= 11 is 2.40. The zero-order valence-corrected chi connectivity index (χ0v) is 9.22. The molecule has 4 nitrogen and oxygen atoms in total. The fourth-order valence-electron chi connectivity index (χ4n) is 1.13. The highest BCUT2D eigenvalue weighted by atomic mass is 79.9. The molecule has 0 saturated carbocycles. The third kappa shape index (κ3) is 2.68. The van der Waals surface area contributed by atoms with Crippen LogP contribution in [-0.2, 0) is 6.18 Å². The second-order valence-corrected chi connectivity index (χ2v) is 3.63. The van der Waals surface area contributed by atoms with Crippen LogP contribution in [0.4, 0.5) is 27.8 Å². The summed E-state index contributed by atoms with van der Waals surface area (Å²) in [5.74, 6) is -1.50. The van der Waals surface area contributed by atoms with E-state index < -0.39 is 38.9 Å². The van der Waals surface area contributed by atoms with E-state index in [1.807, 2.05) is 0 Å². The average Bonchev–Trinajstić information content (AvgIpc) is 2.14. The highest BCUT2D eigenvalue weighted by molar-refractivity contribution is 9.10. The van der Waals surface area contributed by atoms with Crippen LogP contribution in [0.25, 0.3) is 0 Å². The van der Waals surface area contributed by atoms with Crippen molar-refractivity contribution < 1.29 is 26.9 Å². The zero-order chi connectivity index (χ0) is 13.4. The lowest BCUT2D eigenvalue weighted by Crippen LogP contribution is -2.14. The number of nitro groups is 1. The van der Waals surface area contributed by atoms with Crippen molar-refractivity contribution in [3.05, 3.63) is 31.9 Å². The third-order valence-corrected chi connectivity index (χ3v) is 2.33. The fraction of sp³-hybridized carbons (Fsp3) is 0.286. The van der Waals surface area contributed by atoms with Gasteiger partial charge in [0.1, 0.15) is 5.56 Å². The summed E-state index contributed by atoms with van der Waals surface area (Å²) in [5, 5.41) is 10.3. The van der Waals surface area contributed by atoms with Crippen LogP contribution in [-0.4, -0.2) is 9.91 Å².